The van der Waals surface area contributed by atoms with E-state index < -0.39 is 6.10 Å². The maximum absolute atomic E-state index is 9.82. The second-order valence-electron chi connectivity index (χ2n) is 5.54. The topological polar surface area (TPSA) is 40.5 Å². The molecule has 0 heterocycles. The zero-order chi connectivity index (χ0) is 15.2. The monoisotopic (exact) mass is 272 g/mol. The third kappa shape index (κ3) is 5.06. The average molecular weight is 272 g/mol. The molecule has 0 bridgehead atoms. The third-order valence-electron chi connectivity index (χ3n) is 3.54. The predicted octanol–water partition coefficient (Wildman–Crippen LogP) is 4.31. The quantitative estimate of drug-likeness (QED) is 0.726. The highest BCUT2D eigenvalue weighted by Gasteiger charge is 2.18. The standard InChI is InChI=1S/C18H24O2/c1-5-18(4,13-11-17(20)14(2)3)12-10-15-6-8-16(19)9-7-15/h5-10,12,17,19-20H,1-2,11,13H2,3-4H3. The zero-order valence-electron chi connectivity index (χ0n) is 12.3. The molecule has 1 rings (SSSR count). The summed E-state index contributed by atoms with van der Waals surface area (Å²) in [5.41, 5.74) is 1.64. The summed E-state index contributed by atoms with van der Waals surface area (Å²) < 4.78 is 0. The number of benzene rings is 1. The average Bonchev–Trinajstić information content (AvgIpc) is 2.44. The molecule has 0 fully saturated rings. The molecule has 0 radical (unpaired) electrons. The van der Waals surface area contributed by atoms with E-state index in [9.17, 15) is 10.2 Å². The summed E-state index contributed by atoms with van der Waals surface area (Å²) in [7, 11) is 0. The number of hydrogen-bond acceptors (Lipinski definition) is 2. The molecule has 1 aromatic rings. The number of aliphatic hydroxyl groups is 1. The van der Waals surface area contributed by atoms with Crippen molar-refractivity contribution in [2.24, 2.45) is 5.41 Å². The fourth-order valence-electron chi connectivity index (χ4n) is 1.82. The molecule has 2 nitrogen and oxygen atoms in total. The molecule has 20 heavy (non-hydrogen) atoms. The van der Waals surface area contributed by atoms with Gasteiger partial charge >= 0.3 is 0 Å². The van der Waals surface area contributed by atoms with E-state index in [1.54, 1.807) is 12.1 Å². The lowest BCUT2D eigenvalue weighted by atomic mass is 9.83. The van der Waals surface area contributed by atoms with Crippen molar-refractivity contribution in [2.45, 2.75) is 32.8 Å². The lowest BCUT2D eigenvalue weighted by Gasteiger charge is -2.23. The van der Waals surface area contributed by atoms with Gasteiger partial charge in [0.1, 0.15) is 5.75 Å². The van der Waals surface area contributed by atoms with E-state index in [2.05, 4.69) is 26.2 Å². The van der Waals surface area contributed by atoms with Crippen LogP contribution < -0.4 is 0 Å². The molecule has 0 spiro atoms. The Labute approximate surface area is 121 Å². The van der Waals surface area contributed by atoms with Crippen LogP contribution in [-0.4, -0.2) is 16.3 Å². The van der Waals surface area contributed by atoms with Gasteiger partial charge in [-0.15, -0.1) is 6.58 Å². The molecule has 0 aliphatic rings. The van der Waals surface area contributed by atoms with Crippen LogP contribution in [0.4, 0.5) is 0 Å². The van der Waals surface area contributed by atoms with Crippen molar-refractivity contribution in [3.63, 3.8) is 0 Å². The third-order valence-corrected chi connectivity index (χ3v) is 3.54. The van der Waals surface area contributed by atoms with Crippen LogP contribution >= 0.6 is 0 Å². The van der Waals surface area contributed by atoms with Gasteiger partial charge in [0, 0.05) is 5.41 Å². The normalized spacial score (nSPS) is 15.8. The fraction of sp³-hybridized carbons (Fsp3) is 0.333. The highest BCUT2D eigenvalue weighted by molar-refractivity contribution is 5.51. The first kappa shape index (κ1) is 16.3. The molecule has 0 amide bonds. The van der Waals surface area contributed by atoms with Gasteiger partial charge in [-0.1, -0.05) is 49.4 Å². The van der Waals surface area contributed by atoms with Gasteiger partial charge in [0.2, 0.25) is 0 Å². The van der Waals surface area contributed by atoms with Gasteiger partial charge in [0.05, 0.1) is 6.10 Å². The minimum absolute atomic E-state index is 0.172. The maximum Gasteiger partial charge on any atom is 0.115 e. The summed E-state index contributed by atoms with van der Waals surface area (Å²) in [5.74, 6) is 0.262. The smallest absolute Gasteiger partial charge is 0.115 e. The molecule has 108 valence electrons. The SMILES string of the molecule is C=CC(C)(C=Cc1ccc(O)cc1)CCC(O)C(=C)C. The summed E-state index contributed by atoms with van der Waals surface area (Å²) in [6, 6.07) is 7.04. The summed E-state index contributed by atoms with van der Waals surface area (Å²) in [6.07, 6.45) is 6.99. The van der Waals surface area contributed by atoms with Crippen LogP contribution in [0.5, 0.6) is 5.75 Å². The molecule has 1 aromatic carbocycles. The van der Waals surface area contributed by atoms with Crippen LogP contribution in [-0.2, 0) is 0 Å². The molecule has 2 heteroatoms. The number of phenols is 1. The summed E-state index contributed by atoms with van der Waals surface area (Å²) in [6.45, 7) is 11.6. The van der Waals surface area contributed by atoms with Crippen molar-refractivity contribution in [3.05, 3.63) is 60.7 Å². The van der Waals surface area contributed by atoms with E-state index in [0.29, 0.717) is 6.42 Å². The Hall–Kier alpha value is -1.80. The van der Waals surface area contributed by atoms with Gasteiger partial charge in [-0.3, -0.25) is 0 Å². The summed E-state index contributed by atoms with van der Waals surface area (Å²) in [4.78, 5) is 0. The molecule has 0 aliphatic heterocycles. The number of aliphatic hydroxyl groups excluding tert-OH is 1. The van der Waals surface area contributed by atoms with Gasteiger partial charge in [-0.2, -0.15) is 0 Å². The highest BCUT2D eigenvalue weighted by atomic mass is 16.3. The number of phenolic OH excluding ortho intramolecular Hbond substituents is 1. The largest absolute Gasteiger partial charge is 0.508 e. The Morgan fingerprint density at radius 2 is 1.95 bits per heavy atom. The number of rotatable bonds is 7. The molecule has 0 saturated heterocycles. The molecule has 0 saturated carbocycles. The van der Waals surface area contributed by atoms with Crippen LogP contribution in [0.25, 0.3) is 6.08 Å². The Balaban J connectivity index is 2.71. The first-order valence-corrected chi connectivity index (χ1v) is 6.81. The lowest BCUT2D eigenvalue weighted by molar-refractivity contribution is 0.187. The van der Waals surface area contributed by atoms with Crippen molar-refractivity contribution < 1.29 is 10.2 Å². The van der Waals surface area contributed by atoms with Gasteiger partial charge in [0.25, 0.3) is 0 Å². The minimum Gasteiger partial charge on any atom is -0.508 e. The summed E-state index contributed by atoms with van der Waals surface area (Å²) >= 11 is 0. The van der Waals surface area contributed by atoms with Crippen LogP contribution in [0, 0.1) is 5.41 Å². The Kier molecular flexibility index (Phi) is 5.78. The Morgan fingerprint density at radius 3 is 2.45 bits per heavy atom. The summed E-state index contributed by atoms with van der Waals surface area (Å²) in [5, 5.41) is 19.1. The molecule has 0 aromatic heterocycles. The van der Waals surface area contributed by atoms with Crippen LogP contribution in [0.1, 0.15) is 32.3 Å². The van der Waals surface area contributed by atoms with E-state index in [1.165, 1.54) is 0 Å². The molecule has 2 atom stereocenters. The van der Waals surface area contributed by atoms with Crippen molar-refractivity contribution in [2.75, 3.05) is 0 Å². The van der Waals surface area contributed by atoms with Crippen LogP contribution in [0.2, 0.25) is 0 Å². The van der Waals surface area contributed by atoms with Gasteiger partial charge in [-0.25, -0.2) is 0 Å². The predicted molar refractivity (Wildman–Crippen MR) is 85.5 cm³/mol. The van der Waals surface area contributed by atoms with Crippen LogP contribution in [0.15, 0.2) is 55.1 Å². The van der Waals surface area contributed by atoms with E-state index in [4.69, 9.17) is 0 Å². The molecular formula is C18H24O2. The van der Waals surface area contributed by atoms with E-state index in [-0.39, 0.29) is 11.2 Å². The second kappa shape index (κ2) is 7.11. The number of allylic oxidation sites excluding steroid dienone is 2. The number of aromatic hydroxyl groups is 1. The first-order valence-electron chi connectivity index (χ1n) is 6.81. The first-order chi connectivity index (χ1) is 9.36. The van der Waals surface area contributed by atoms with Gasteiger partial charge in [0.15, 0.2) is 0 Å². The van der Waals surface area contributed by atoms with E-state index in [0.717, 1.165) is 17.6 Å². The van der Waals surface area contributed by atoms with Gasteiger partial charge < -0.3 is 10.2 Å². The molecular weight excluding hydrogens is 248 g/mol. The second-order valence-corrected chi connectivity index (χ2v) is 5.54. The number of hydrogen-bond donors (Lipinski definition) is 2. The Morgan fingerprint density at radius 1 is 1.35 bits per heavy atom. The molecule has 0 aliphatic carbocycles. The van der Waals surface area contributed by atoms with Crippen molar-refractivity contribution >= 4 is 6.08 Å². The molecule has 2 N–H and O–H groups in total. The minimum atomic E-state index is -0.462. The molecule has 2 unspecified atom stereocenters. The van der Waals surface area contributed by atoms with Gasteiger partial charge in [-0.05, 0) is 37.5 Å². The maximum atomic E-state index is 9.82. The highest BCUT2D eigenvalue weighted by Crippen LogP contribution is 2.29. The van der Waals surface area contributed by atoms with Crippen molar-refractivity contribution in [1.29, 1.82) is 0 Å². The zero-order valence-corrected chi connectivity index (χ0v) is 12.3. The lowest BCUT2D eigenvalue weighted by Crippen LogP contribution is -2.15. The fourth-order valence-corrected chi connectivity index (χ4v) is 1.82. The Bertz CT molecular complexity index is 485. The van der Waals surface area contributed by atoms with Crippen LogP contribution in [0.3, 0.4) is 0 Å². The van der Waals surface area contributed by atoms with Crippen molar-refractivity contribution in [3.8, 4) is 5.75 Å². The van der Waals surface area contributed by atoms with E-state index in [1.807, 2.05) is 31.2 Å². The van der Waals surface area contributed by atoms with E-state index >= 15 is 0 Å². The van der Waals surface area contributed by atoms with Crippen molar-refractivity contribution in [1.82, 2.24) is 0 Å².